The molecule has 0 aromatic heterocycles. The number of aliphatic hydroxyl groups excluding tert-OH is 1. The van der Waals surface area contributed by atoms with Crippen LogP contribution in [0.3, 0.4) is 0 Å². The Morgan fingerprint density at radius 2 is 1.50 bits per heavy atom. The molecule has 4 nitrogen and oxygen atoms in total. The first-order valence-corrected chi connectivity index (χ1v) is 11.9. The molecule has 1 aliphatic heterocycles. The molecule has 0 spiro atoms. The minimum absolute atomic E-state index is 0.0190. The van der Waals surface area contributed by atoms with Crippen molar-refractivity contribution in [2.45, 2.75) is 25.2 Å². The van der Waals surface area contributed by atoms with E-state index < -0.39 is 5.92 Å². The van der Waals surface area contributed by atoms with Gasteiger partial charge in [0, 0.05) is 50.5 Å². The van der Waals surface area contributed by atoms with Crippen molar-refractivity contribution in [3.05, 3.63) is 117 Å². The molecule has 0 saturated carbocycles. The third kappa shape index (κ3) is 3.93. The monoisotopic (exact) mass is 488 g/mol. The van der Waals surface area contributed by atoms with Gasteiger partial charge in [0.25, 0.3) is 0 Å². The molecule has 1 aliphatic carbocycles. The lowest BCUT2D eigenvalue weighted by Gasteiger charge is -2.41. The quantitative estimate of drug-likeness (QED) is 0.374. The highest BCUT2D eigenvalue weighted by atomic mass is 35.5. The van der Waals surface area contributed by atoms with Crippen LogP contribution in [0.5, 0.6) is 0 Å². The van der Waals surface area contributed by atoms with Crippen molar-refractivity contribution in [2.75, 3.05) is 4.90 Å². The van der Waals surface area contributed by atoms with Crippen LogP contribution in [-0.2, 0) is 4.79 Å². The van der Waals surface area contributed by atoms with Gasteiger partial charge in [-0.1, -0.05) is 65.7 Å². The Labute approximate surface area is 208 Å². The van der Waals surface area contributed by atoms with Gasteiger partial charge in [-0.05, 0) is 54.8 Å². The van der Waals surface area contributed by atoms with E-state index in [1.54, 1.807) is 41.3 Å². The molecule has 5 rings (SSSR count). The molecule has 0 radical (unpaired) electrons. The Bertz CT molecular complexity index is 1330. The molecule has 0 fully saturated rings. The molecule has 2 N–H and O–H groups in total. The number of Topliss-reactive ketones (excluding diaryl/α,β-unsaturated/α-hetero) is 1. The van der Waals surface area contributed by atoms with Crippen molar-refractivity contribution in [3.63, 3.8) is 0 Å². The van der Waals surface area contributed by atoms with E-state index in [0.717, 1.165) is 16.9 Å². The predicted molar refractivity (Wildman–Crippen MR) is 138 cm³/mol. The summed E-state index contributed by atoms with van der Waals surface area (Å²) in [5.74, 6) is -0.422. The van der Waals surface area contributed by atoms with Gasteiger partial charge in [0.05, 0.1) is 0 Å². The van der Waals surface area contributed by atoms with Gasteiger partial charge < -0.3 is 5.11 Å². The third-order valence-electron chi connectivity index (χ3n) is 6.35. The van der Waals surface area contributed by atoms with E-state index in [2.05, 4.69) is 0 Å². The van der Waals surface area contributed by atoms with Gasteiger partial charge in [-0.25, -0.2) is 0 Å². The summed E-state index contributed by atoms with van der Waals surface area (Å²) in [6, 6.07) is 23.6. The maximum absolute atomic E-state index is 13.4. The number of amidine groups is 1. The number of allylic oxidation sites excluding steroid dienone is 2. The predicted octanol–water partition coefficient (Wildman–Crippen LogP) is 7.55. The fourth-order valence-electron chi connectivity index (χ4n) is 4.81. The lowest BCUT2D eigenvalue weighted by Crippen LogP contribution is -2.42. The van der Waals surface area contributed by atoms with Gasteiger partial charge in [-0.3, -0.25) is 15.1 Å². The van der Waals surface area contributed by atoms with Crippen LogP contribution < -0.4 is 4.90 Å². The Morgan fingerprint density at radius 3 is 2.15 bits per heavy atom. The maximum atomic E-state index is 13.4. The molecule has 1 heterocycles. The number of anilines is 1. The third-order valence-corrected chi connectivity index (χ3v) is 6.85. The summed E-state index contributed by atoms with van der Waals surface area (Å²) < 4.78 is 0. The van der Waals surface area contributed by atoms with Crippen LogP contribution in [-0.4, -0.2) is 16.7 Å². The van der Waals surface area contributed by atoms with Crippen LogP contribution in [0.4, 0.5) is 5.69 Å². The Hall–Kier alpha value is -3.34. The number of nitrogens with zero attached hydrogens (tertiary/aromatic N) is 1. The van der Waals surface area contributed by atoms with Gasteiger partial charge in [0.15, 0.2) is 5.78 Å². The van der Waals surface area contributed by atoms with Gasteiger partial charge >= 0.3 is 0 Å². The number of rotatable bonds is 3. The standard InChI is InChI=1S/C28H22Cl2N2O2/c29-19-11-9-17(10-12-19)24-25-22(7-4-8-23(25)33)32(21-15-13-20(30)14-16-21)28(31)26(24)27(34)18-5-2-1-3-6-18/h1-3,5-6,9-16,24,31,34H,4,7-8H2/b27-26+,31-28?/t24-/m0/s1. The number of hydrogen-bond donors (Lipinski definition) is 2. The lowest BCUT2D eigenvalue weighted by molar-refractivity contribution is -0.116. The average molecular weight is 489 g/mol. The smallest absolute Gasteiger partial charge is 0.161 e. The minimum Gasteiger partial charge on any atom is -0.507 e. The van der Waals surface area contributed by atoms with E-state index in [0.29, 0.717) is 46.0 Å². The molecule has 0 saturated heterocycles. The number of carbonyl (C=O) groups excluding carboxylic acids is 1. The molecule has 6 heteroatoms. The highest BCUT2D eigenvalue weighted by Crippen LogP contribution is 2.48. The van der Waals surface area contributed by atoms with Crippen LogP contribution in [0, 0.1) is 5.41 Å². The summed E-state index contributed by atoms with van der Waals surface area (Å²) in [7, 11) is 0. The van der Waals surface area contributed by atoms with Crippen molar-refractivity contribution in [3.8, 4) is 0 Å². The number of halogens is 2. The molecular weight excluding hydrogens is 467 g/mol. The number of carbonyl (C=O) groups is 1. The lowest BCUT2D eigenvalue weighted by atomic mass is 9.73. The summed E-state index contributed by atoms with van der Waals surface area (Å²) in [6.07, 6.45) is 1.81. The molecule has 170 valence electrons. The van der Waals surface area contributed by atoms with E-state index in [-0.39, 0.29) is 17.4 Å². The summed E-state index contributed by atoms with van der Waals surface area (Å²) in [4.78, 5) is 15.2. The van der Waals surface area contributed by atoms with E-state index in [9.17, 15) is 15.3 Å². The van der Waals surface area contributed by atoms with E-state index >= 15 is 0 Å². The summed E-state index contributed by atoms with van der Waals surface area (Å²) in [5.41, 5.74) is 3.93. The topological polar surface area (TPSA) is 64.4 Å². The number of benzene rings is 3. The van der Waals surface area contributed by atoms with Crippen molar-refractivity contribution in [2.24, 2.45) is 0 Å². The molecule has 3 aromatic carbocycles. The van der Waals surface area contributed by atoms with Crippen LogP contribution in [0.15, 0.2) is 95.7 Å². The molecular formula is C28H22Cl2N2O2. The van der Waals surface area contributed by atoms with Crippen molar-refractivity contribution >= 4 is 46.3 Å². The zero-order chi connectivity index (χ0) is 23.8. The number of hydrogen-bond acceptors (Lipinski definition) is 3. The fourth-order valence-corrected chi connectivity index (χ4v) is 5.06. The molecule has 2 aliphatic rings. The van der Waals surface area contributed by atoms with Crippen LogP contribution >= 0.6 is 23.2 Å². The second kappa shape index (κ2) is 9.13. The van der Waals surface area contributed by atoms with E-state index in [1.165, 1.54) is 0 Å². The van der Waals surface area contributed by atoms with Gasteiger partial charge in [0.2, 0.25) is 0 Å². The van der Waals surface area contributed by atoms with Crippen LogP contribution in [0.2, 0.25) is 10.0 Å². The first-order valence-electron chi connectivity index (χ1n) is 11.1. The zero-order valence-electron chi connectivity index (χ0n) is 18.3. The van der Waals surface area contributed by atoms with Crippen LogP contribution in [0.25, 0.3) is 5.76 Å². The second-order valence-electron chi connectivity index (χ2n) is 8.41. The first-order chi connectivity index (χ1) is 16.5. The molecule has 34 heavy (non-hydrogen) atoms. The first kappa shape index (κ1) is 22.5. The molecule has 1 atom stereocenters. The highest BCUT2D eigenvalue weighted by molar-refractivity contribution is 6.31. The zero-order valence-corrected chi connectivity index (χ0v) is 19.8. The highest BCUT2D eigenvalue weighted by Gasteiger charge is 2.43. The van der Waals surface area contributed by atoms with E-state index in [1.807, 2.05) is 42.5 Å². The number of aliphatic hydroxyl groups is 1. The van der Waals surface area contributed by atoms with Gasteiger partial charge in [-0.2, -0.15) is 0 Å². The Morgan fingerprint density at radius 1 is 0.882 bits per heavy atom. The SMILES string of the molecule is N=C1/C(=C(/O)c2ccccc2)[C@@H](c2ccc(Cl)cc2)C2=C(CCCC2=O)N1c1ccc(Cl)cc1. The minimum atomic E-state index is -0.573. The summed E-state index contributed by atoms with van der Waals surface area (Å²) in [6.45, 7) is 0. The summed E-state index contributed by atoms with van der Waals surface area (Å²) >= 11 is 12.3. The van der Waals surface area contributed by atoms with Gasteiger partial charge in [0.1, 0.15) is 11.6 Å². The average Bonchev–Trinajstić information content (AvgIpc) is 2.85. The Balaban J connectivity index is 1.82. The summed E-state index contributed by atoms with van der Waals surface area (Å²) in [5, 5.41) is 22.0. The fraction of sp³-hybridized carbons (Fsp3) is 0.143. The van der Waals surface area contributed by atoms with Crippen molar-refractivity contribution in [1.29, 1.82) is 5.41 Å². The Kier molecular flexibility index (Phi) is 6.03. The number of nitrogens with one attached hydrogen (secondary N) is 1. The van der Waals surface area contributed by atoms with E-state index in [4.69, 9.17) is 23.2 Å². The largest absolute Gasteiger partial charge is 0.507 e. The van der Waals surface area contributed by atoms with Crippen molar-refractivity contribution < 1.29 is 9.90 Å². The maximum Gasteiger partial charge on any atom is 0.161 e. The second-order valence-corrected chi connectivity index (χ2v) is 9.28. The molecule has 3 aromatic rings. The van der Waals surface area contributed by atoms with Gasteiger partial charge in [-0.15, -0.1) is 0 Å². The van der Waals surface area contributed by atoms with Crippen molar-refractivity contribution in [1.82, 2.24) is 0 Å². The number of ketones is 1. The van der Waals surface area contributed by atoms with Crippen LogP contribution in [0.1, 0.15) is 36.3 Å². The molecule has 0 amide bonds. The normalized spacial score (nSPS) is 19.8. The molecule has 0 unspecified atom stereocenters. The molecule has 0 bridgehead atoms.